The highest BCUT2D eigenvalue weighted by molar-refractivity contribution is 14.1. The van der Waals surface area contributed by atoms with E-state index in [-0.39, 0.29) is 6.29 Å². The molecule has 0 fully saturated rings. The molecule has 0 bridgehead atoms. The van der Waals surface area contributed by atoms with Crippen LogP contribution in [0, 0.1) is 11.8 Å². The molecule has 1 atom stereocenters. The Balaban J connectivity index is 3.25. The molecule has 0 heterocycles. The van der Waals surface area contributed by atoms with Gasteiger partial charge in [0.1, 0.15) is 6.61 Å². The van der Waals surface area contributed by atoms with E-state index in [9.17, 15) is 0 Å². The van der Waals surface area contributed by atoms with E-state index in [2.05, 4.69) is 34.4 Å². The first kappa shape index (κ1) is 12.2. The van der Waals surface area contributed by atoms with Crippen molar-refractivity contribution in [1.29, 1.82) is 0 Å². The molecule has 0 saturated carbocycles. The van der Waals surface area contributed by atoms with Crippen LogP contribution in [0.5, 0.6) is 0 Å². The second kappa shape index (κ2) is 9.30. The minimum atomic E-state index is -0.135. The van der Waals surface area contributed by atoms with Gasteiger partial charge in [-0.2, -0.15) is 0 Å². The third-order valence-electron chi connectivity index (χ3n) is 1.14. The molecule has 0 aromatic carbocycles. The molecule has 0 aliphatic heterocycles. The molecule has 3 heteroatoms. The van der Waals surface area contributed by atoms with E-state index in [0.29, 0.717) is 13.2 Å². The van der Waals surface area contributed by atoms with Crippen LogP contribution in [0.2, 0.25) is 0 Å². The lowest BCUT2D eigenvalue weighted by Gasteiger charge is -2.09. The van der Waals surface area contributed by atoms with Crippen molar-refractivity contribution in [1.82, 2.24) is 0 Å². The van der Waals surface area contributed by atoms with E-state index in [1.54, 1.807) is 0 Å². The van der Waals surface area contributed by atoms with Gasteiger partial charge < -0.3 is 9.47 Å². The minimum Gasteiger partial charge on any atom is -0.353 e. The van der Waals surface area contributed by atoms with Crippen LogP contribution in [0.15, 0.2) is 0 Å². The molecule has 1 unspecified atom stereocenters. The van der Waals surface area contributed by atoms with Crippen LogP contribution in [-0.2, 0) is 9.47 Å². The van der Waals surface area contributed by atoms with Crippen LogP contribution >= 0.6 is 22.6 Å². The fourth-order valence-electron chi connectivity index (χ4n) is 0.629. The molecule has 70 valence electrons. The van der Waals surface area contributed by atoms with Gasteiger partial charge in [-0.1, -0.05) is 28.5 Å². The standard InChI is InChI=1S/C9H15IO2/c1-3-11-9(2)12-8-6-4-5-7-10/h9H,3,5,7-8H2,1-2H3. The van der Waals surface area contributed by atoms with Gasteiger partial charge in [-0.3, -0.25) is 0 Å². The lowest BCUT2D eigenvalue weighted by molar-refractivity contribution is -0.117. The normalized spacial score (nSPS) is 11.9. The zero-order valence-electron chi connectivity index (χ0n) is 7.60. The molecular formula is C9H15IO2. The van der Waals surface area contributed by atoms with Gasteiger partial charge in [0, 0.05) is 17.5 Å². The third kappa shape index (κ3) is 8.31. The maximum Gasteiger partial charge on any atom is 0.156 e. The molecule has 0 spiro atoms. The quantitative estimate of drug-likeness (QED) is 0.333. The Kier molecular flexibility index (Phi) is 9.46. The summed E-state index contributed by atoms with van der Waals surface area (Å²) < 4.78 is 11.5. The van der Waals surface area contributed by atoms with Crippen molar-refractivity contribution in [2.24, 2.45) is 0 Å². The summed E-state index contributed by atoms with van der Waals surface area (Å²) in [5, 5.41) is 0. The maximum absolute atomic E-state index is 5.23. The van der Waals surface area contributed by atoms with E-state index in [1.165, 1.54) is 0 Å². The summed E-state index contributed by atoms with van der Waals surface area (Å²) >= 11 is 2.30. The fraction of sp³-hybridized carbons (Fsp3) is 0.778. The van der Waals surface area contributed by atoms with Crippen LogP contribution < -0.4 is 0 Å². The Morgan fingerprint density at radius 1 is 1.33 bits per heavy atom. The van der Waals surface area contributed by atoms with Gasteiger partial charge in [0.15, 0.2) is 6.29 Å². The van der Waals surface area contributed by atoms with Gasteiger partial charge in [0.05, 0.1) is 0 Å². The first-order valence-corrected chi connectivity index (χ1v) is 5.58. The number of ether oxygens (including phenoxy) is 2. The Bertz CT molecular complexity index is 148. The summed E-state index contributed by atoms with van der Waals surface area (Å²) in [5.41, 5.74) is 0. The number of hydrogen-bond acceptors (Lipinski definition) is 2. The molecule has 2 nitrogen and oxygen atoms in total. The molecule has 0 saturated heterocycles. The monoisotopic (exact) mass is 282 g/mol. The lowest BCUT2D eigenvalue weighted by atomic mass is 10.5. The van der Waals surface area contributed by atoms with Crippen LogP contribution in [0.1, 0.15) is 20.3 Å². The Morgan fingerprint density at radius 2 is 2.08 bits per heavy atom. The molecule has 0 aliphatic carbocycles. The number of hydrogen-bond donors (Lipinski definition) is 0. The molecule has 0 aromatic rings. The molecule has 0 aliphatic rings. The summed E-state index contributed by atoms with van der Waals surface area (Å²) in [6.45, 7) is 4.98. The minimum absolute atomic E-state index is 0.135. The maximum atomic E-state index is 5.23. The number of halogens is 1. The molecular weight excluding hydrogens is 267 g/mol. The van der Waals surface area contributed by atoms with E-state index in [0.717, 1.165) is 10.8 Å². The summed E-state index contributed by atoms with van der Waals surface area (Å²) in [6.07, 6.45) is 0.802. The van der Waals surface area contributed by atoms with Crippen molar-refractivity contribution in [2.45, 2.75) is 26.6 Å². The van der Waals surface area contributed by atoms with Crippen LogP contribution in [0.25, 0.3) is 0 Å². The van der Waals surface area contributed by atoms with Gasteiger partial charge in [-0.15, -0.1) is 5.92 Å². The Morgan fingerprint density at radius 3 is 2.67 bits per heavy atom. The molecule has 0 amide bonds. The topological polar surface area (TPSA) is 18.5 Å². The van der Waals surface area contributed by atoms with E-state index in [1.807, 2.05) is 13.8 Å². The average molecular weight is 282 g/mol. The summed E-state index contributed by atoms with van der Waals surface area (Å²) in [7, 11) is 0. The smallest absolute Gasteiger partial charge is 0.156 e. The third-order valence-corrected chi connectivity index (χ3v) is 1.68. The van der Waals surface area contributed by atoms with Crippen molar-refractivity contribution in [3.05, 3.63) is 0 Å². The number of alkyl halides is 1. The van der Waals surface area contributed by atoms with Gasteiger partial charge in [-0.05, 0) is 13.8 Å². The second-order valence-electron chi connectivity index (χ2n) is 2.13. The highest BCUT2D eigenvalue weighted by Gasteiger charge is 1.96. The fourth-order valence-corrected chi connectivity index (χ4v) is 0.898. The molecule has 0 N–H and O–H groups in total. The summed E-state index contributed by atoms with van der Waals surface area (Å²) in [4.78, 5) is 0. The van der Waals surface area contributed by atoms with Gasteiger partial charge >= 0.3 is 0 Å². The van der Waals surface area contributed by atoms with Crippen LogP contribution in [0.3, 0.4) is 0 Å². The highest BCUT2D eigenvalue weighted by Crippen LogP contribution is 1.91. The van der Waals surface area contributed by atoms with Crippen molar-refractivity contribution < 1.29 is 9.47 Å². The van der Waals surface area contributed by atoms with Crippen LogP contribution in [-0.4, -0.2) is 23.9 Å². The van der Waals surface area contributed by atoms with E-state index in [4.69, 9.17) is 9.47 Å². The largest absolute Gasteiger partial charge is 0.353 e. The first-order valence-electron chi connectivity index (χ1n) is 4.06. The van der Waals surface area contributed by atoms with Crippen molar-refractivity contribution in [2.75, 3.05) is 17.6 Å². The van der Waals surface area contributed by atoms with Gasteiger partial charge in [0.25, 0.3) is 0 Å². The van der Waals surface area contributed by atoms with E-state index < -0.39 is 0 Å². The molecule has 0 rings (SSSR count). The van der Waals surface area contributed by atoms with Crippen molar-refractivity contribution in [3.8, 4) is 11.8 Å². The second-order valence-corrected chi connectivity index (χ2v) is 3.21. The first-order chi connectivity index (χ1) is 5.81. The summed E-state index contributed by atoms with van der Waals surface area (Å²) in [5.74, 6) is 5.91. The Hall–Kier alpha value is 0.210. The molecule has 0 aromatic heterocycles. The molecule has 0 radical (unpaired) electrons. The molecule has 12 heavy (non-hydrogen) atoms. The predicted octanol–water partition coefficient (Wildman–Crippen LogP) is 2.21. The van der Waals surface area contributed by atoms with Gasteiger partial charge in [0.2, 0.25) is 0 Å². The summed E-state index contributed by atoms with van der Waals surface area (Å²) in [6, 6.07) is 0. The Labute approximate surface area is 88.1 Å². The van der Waals surface area contributed by atoms with Gasteiger partial charge in [-0.25, -0.2) is 0 Å². The SMILES string of the molecule is CCOC(C)OCC#CCCI. The highest BCUT2D eigenvalue weighted by atomic mass is 127. The lowest BCUT2D eigenvalue weighted by Crippen LogP contribution is -2.12. The van der Waals surface area contributed by atoms with Crippen LogP contribution in [0.4, 0.5) is 0 Å². The van der Waals surface area contributed by atoms with E-state index >= 15 is 0 Å². The van der Waals surface area contributed by atoms with Crippen molar-refractivity contribution >= 4 is 22.6 Å². The number of rotatable bonds is 5. The average Bonchev–Trinajstić information content (AvgIpc) is 2.05. The predicted molar refractivity (Wildman–Crippen MR) is 58.3 cm³/mol. The zero-order chi connectivity index (χ0) is 9.23. The van der Waals surface area contributed by atoms with Crippen molar-refractivity contribution in [3.63, 3.8) is 0 Å². The zero-order valence-corrected chi connectivity index (χ0v) is 9.76.